The van der Waals surface area contributed by atoms with Gasteiger partial charge < -0.3 is 0 Å². The molecule has 0 amide bonds. The van der Waals surface area contributed by atoms with Crippen molar-refractivity contribution in [1.29, 1.82) is 0 Å². The van der Waals surface area contributed by atoms with E-state index in [9.17, 15) is 20.2 Å². The molecular formula is C26H32N4O4. The molecule has 0 unspecified atom stereocenters. The van der Waals surface area contributed by atoms with Crippen molar-refractivity contribution in [2.24, 2.45) is 10.5 Å². The Kier molecular flexibility index (Phi) is 9.24. The average Bonchev–Trinajstić information content (AvgIpc) is 2.75. The van der Waals surface area contributed by atoms with E-state index in [1.807, 2.05) is 25.2 Å². The number of nitrogens with zero attached hydrogens (tertiary/aromatic N) is 3. The lowest BCUT2D eigenvalue weighted by atomic mass is 9.72. The molecule has 1 N–H and O–H groups in total. The Balaban J connectivity index is 1.99. The largest absolute Gasteiger partial charge is 0.301 e. The lowest BCUT2D eigenvalue weighted by Crippen LogP contribution is -2.19. The van der Waals surface area contributed by atoms with Gasteiger partial charge in [0.15, 0.2) is 0 Å². The number of nitrogens with one attached hydrogen (secondary N) is 1. The zero-order valence-corrected chi connectivity index (χ0v) is 20.4. The van der Waals surface area contributed by atoms with Crippen LogP contribution in [0.3, 0.4) is 0 Å². The molecule has 0 aromatic heterocycles. The van der Waals surface area contributed by atoms with Crippen LogP contribution in [0.15, 0.2) is 82.0 Å². The van der Waals surface area contributed by atoms with Crippen LogP contribution in [0.1, 0.15) is 53.9 Å². The highest BCUT2D eigenvalue weighted by Gasteiger charge is 2.26. The standard InChI is InChI=1S/C26H32N4O4/c1-19(11-13-23-21(3)10-7-16-26(23,4)5)8-6-9-20(2)15-17-27-28-24-14-12-22(29(31)32)18-25(24)30(33)34/h6,8-9,11-15,17-18,28H,7,10,16H2,1-5H3/b9-6+,13-11+,19-8+,20-15+,27-17+. The maximum Gasteiger partial charge on any atom is 0.301 e. The Labute approximate surface area is 200 Å². The maximum atomic E-state index is 11.2. The number of benzene rings is 1. The van der Waals surface area contributed by atoms with Gasteiger partial charge in [0.1, 0.15) is 5.69 Å². The van der Waals surface area contributed by atoms with Crippen LogP contribution in [0, 0.1) is 25.6 Å². The number of hydrogen-bond acceptors (Lipinski definition) is 6. The predicted molar refractivity (Wildman–Crippen MR) is 138 cm³/mol. The second-order valence-corrected chi connectivity index (χ2v) is 9.05. The molecule has 180 valence electrons. The third-order valence-corrected chi connectivity index (χ3v) is 5.76. The van der Waals surface area contributed by atoms with Gasteiger partial charge in [0.05, 0.1) is 15.9 Å². The molecule has 1 aromatic rings. The van der Waals surface area contributed by atoms with E-state index < -0.39 is 15.5 Å². The fraction of sp³-hybridized carbons (Fsp3) is 0.346. The highest BCUT2D eigenvalue weighted by molar-refractivity contribution is 5.75. The molecule has 0 aliphatic heterocycles. The van der Waals surface area contributed by atoms with Crippen molar-refractivity contribution in [1.82, 2.24) is 0 Å². The number of allylic oxidation sites excluding steroid dienone is 10. The Bertz CT molecular complexity index is 1120. The predicted octanol–water partition coefficient (Wildman–Crippen LogP) is 7.43. The lowest BCUT2D eigenvalue weighted by Gasteiger charge is -2.32. The lowest BCUT2D eigenvalue weighted by molar-refractivity contribution is -0.393. The summed E-state index contributed by atoms with van der Waals surface area (Å²) in [4.78, 5) is 20.6. The fourth-order valence-electron chi connectivity index (χ4n) is 3.83. The van der Waals surface area contributed by atoms with Gasteiger partial charge in [-0.2, -0.15) is 5.10 Å². The molecule has 0 atom stereocenters. The van der Waals surface area contributed by atoms with Crippen LogP contribution in [0.5, 0.6) is 0 Å². The van der Waals surface area contributed by atoms with Gasteiger partial charge in [0.2, 0.25) is 0 Å². The number of nitro benzene ring substituents is 2. The van der Waals surface area contributed by atoms with Gasteiger partial charge in [0, 0.05) is 12.3 Å². The molecule has 0 spiro atoms. The van der Waals surface area contributed by atoms with E-state index in [0.29, 0.717) is 0 Å². The van der Waals surface area contributed by atoms with Gasteiger partial charge in [-0.1, -0.05) is 55.4 Å². The average molecular weight is 465 g/mol. The van der Waals surface area contributed by atoms with Gasteiger partial charge in [-0.25, -0.2) is 0 Å². The normalized spacial score (nSPS) is 17.2. The van der Waals surface area contributed by atoms with E-state index in [1.54, 1.807) is 6.08 Å². The van der Waals surface area contributed by atoms with Gasteiger partial charge in [-0.3, -0.25) is 25.7 Å². The molecule has 1 aromatic carbocycles. The molecule has 8 heteroatoms. The molecule has 1 aliphatic carbocycles. The van der Waals surface area contributed by atoms with E-state index in [2.05, 4.69) is 50.4 Å². The van der Waals surface area contributed by atoms with Gasteiger partial charge in [0.25, 0.3) is 5.69 Å². The van der Waals surface area contributed by atoms with E-state index in [-0.39, 0.29) is 16.8 Å². The fourth-order valence-corrected chi connectivity index (χ4v) is 3.83. The number of hydrogen-bond donors (Lipinski definition) is 1. The van der Waals surface area contributed by atoms with Gasteiger partial charge in [-0.05, 0) is 68.7 Å². The topological polar surface area (TPSA) is 111 Å². The summed E-state index contributed by atoms with van der Waals surface area (Å²) in [6, 6.07) is 3.35. The Morgan fingerprint density at radius 2 is 1.79 bits per heavy atom. The van der Waals surface area contributed by atoms with E-state index in [0.717, 1.165) is 17.2 Å². The van der Waals surface area contributed by atoms with E-state index in [4.69, 9.17) is 0 Å². The molecule has 1 aliphatic rings. The first-order chi connectivity index (χ1) is 16.0. The van der Waals surface area contributed by atoms with Crippen LogP contribution in [0.2, 0.25) is 0 Å². The van der Waals surface area contributed by atoms with Crippen LogP contribution < -0.4 is 5.43 Å². The van der Waals surface area contributed by atoms with Gasteiger partial charge >= 0.3 is 5.69 Å². The number of rotatable bonds is 9. The first-order valence-corrected chi connectivity index (χ1v) is 11.1. The Morgan fingerprint density at radius 3 is 2.44 bits per heavy atom. The monoisotopic (exact) mass is 464 g/mol. The Hall–Kier alpha value is -3.81. The molecular weight excluding hydrogens is 432 g/mol. The first kappa shape index (κ1) is 26.4. The molecule has 0 saturated carbocycles. The van der Waals surface area contributed by atoms with Crippen molar-refractivity contribution >= 4 is 23.3 Å². The van der Waals surface area contributed by atoms with Crippen molar-refractivity contribution in [3.05, 3.63) is 97.2 Å². The number of nitro groups is 2. The van der Waals surface area contributed by atoms with Crippen molar-refractivity contribution in [3.8, 4) is 0 Å². The minimum Gasteiger partial charge on any atom is -0.272 e. The summed E-state index contributed by atoms with van der Waals surface area (Å²) in [5.74, 6) is 0. The third-order valence-electron chi connectivity index (χ3n) is 5.76. The summed E-state index contributed by atoms with van der Waals surface area (Å²) in [5.41, 5.74) is 7.07. The summed E-state index contributed by atoms with van der Waals surface area (Å²) in [6.45, 7) is 10.8. The highest BCUT2D eigenvalue weighted by Crippen LogP contribution is 2.40. The second kappa shape index (κ2) is 11.9. The highest BCUT2D eigenvalue weighted by atomic mass is 16.6. The van der Waals surface area contributed by atoms with Crippen LogP contribution in [-0.4, -0.2) is 16.1 Å². The quantitative estimate of drug-likeness (QED) is 0.177. The van der Waals surface area contributed by atoms with Crippen LogP contribution in [0.25, 0.3) is 0 Å². The minimum absolute atomic E-state index is 0.0743. The number of non-ortho nitro benzene ring substituents is 1. The second-order valence-electron chi connectivity index (χ2n) is 9.05. The summed E-state index contributed by atoms with van der Waals surface area (Å²) in [6.07, 6.45) is 17.2. The number of anilines is 1. The van der Waals surface area contributed by atoms with Crippen LogP contribution in [-0.2, 0) is 0 Å². The van der Waals surface area contributed by atoms with E-state index in [1.165, 1.54) is 48.8 Å². The molecule has 0 radical (unpaired) electrons. The van der Waals surface area contributed by atoms with Crippen LogP contribution in [0.4, 0.5) is 17.1 Å². The van der Waals surface area contributed by atoms with Crippen molar-refractivity contribution in [2.75, 3.05) is 5.43 Å². The smallest absolute Gasteiger partial charge is 0.272 e. The maximum absolute atomic E-state index is 11.2. The molecule has 0 saturated heterocycles. The molecule has 0 heterocycles. The van der Waals surface area contributed by atoms with Crippen LogP contribution >= 0.6 is 0 Å². The SMILES string of the molecule is CC1=C(/C=C/C(C)=C/C=C/C(C)=C/C=N/Nc2ccc([N+](=O)[O-])cc2[N+](=O)[O-])C(C)(C)CCC1. The minimum atomic E-state index is -0.690. The first-order valence-electron chi connectivity index (χ1n) is 11.1. The van der Waals surface area contributed by atoms with Crippen molar-refractivity contribution in [2.45, 2.75) is 53.9 Å². The van der Waals surface area contributed by atoms with Gasteiger partial charge in [-0.15, -0.1) is 0 Å². The number of hydrazone groups is 1. The van der Waals surface area contributed by atoms with E-state index >= 15 is 0 Å². The molecule has 34 heavy (non-hydrogen) atoms. The molecule has 8 nitrogen and oxygen atoms in total. The van der Waals surface area contributed by atoms with Crippen molar-refractivity contribution < 1.29 is 9.85 Å². The Morgan fingerprint density at radius 1 is 1.09 bits per heavy atom. The third kappa shape index (κ3) is 7.65. The summed E-state index contributed by atoms with van der Waals surface area (Å²) in [5, 5.41) is 25.9. The summed E-state index contributed by atoms with van der Waals surface area (Å²) < 4.78 is 0. The molecule has 2 rings (SSSR count). The van der Waals surface area contributed by atoms with Crippen molar-refractivity contribution in [3.63, 3.8) is 0 Å². The zero-order valence-electron chi connectivity index (χ0n) is 20.4. The summed E-state index contributed by atoms with van der Waals surface area (Å²) >= 11 is 0. The summed E-state index contributed by atoms with van der Waals surface area (Å²) in [7, 11) is 0. The molecule has 0 fully saturated rings. The molecule has 0 bridgehead atoms. The zero-order chi connectivity index (χ0) is 25.3.